The molecule has 1 unspecified atom stereocenters. The van der Waals surface area contributed by atoms with Crippen molar-refractivity contribution < 1.29 is 17.9 Å². The third kappa shape index (κ3) is 3.16. The van der Waals surface area contributed by atoms with Crippen LogP contribution in [0.5, 0.6) is 0 Å². The van der Waals surface area contributed by atoms with Gasteiger partial charge in [-0.1, -0.05) is 0 Å². The molecule has 1 saturated heterocycles. The van der Waals surface area contributed by atoms with Crippen molar-refractivity contribution in [2.24, 2.45) is 0 Å². The van der Waals surface area contributed by atoms with E-state index in [0.29, 0.717) is 24.3 Å². The maximum absolute atomic E-state index is 13.1. The van der Waals surface area contributed by atoms with Crippen LogP contribution in [-0.4, -0.2) is 48.5 Å². The summed E-state index contributed by atoms with van der Waals surface area (Å²) in [5, 5.41) is 9.08. The highest BCUT2D eigenvalue weighted by Crippen LogP contribution is 2.28. The smallest absolute Gasteiger partial charge is 0.243 e. The molecule has 0 radical (unpaired) electrons. The number of aliphatic hydroxyl groups excluding tert-OH is 1. The zero-order valence-electron chi connectivity index (χ0n) is 11.3. The Bertz CT molecular complexity index is 575. The number of benzene rings is 1. The highest BCUT2D eigenvalue weighted by molar-refractivity contribution is 7.99. The van der Waals surface area contributed by atoms with Crippen LogP contribution in [-0.2, 0) is 10.0 Å². The van der Waals surface area contributed by atoms with Gasteiger partial charge in [-0.25, -0.2) is 12.8 Å². The maximum Gasteiger partial charge on any atom is 0.243 e. The molecule has 0 saturated carbocycles. The summed E-state index contributed by atoms with van der Waals surface area (Å²) in [5.74, 6) is 0.976. The largest absolute Gasteiger partial charge is 0.396 e. The van der Waals surface area contributed by atoms with E-state index in [9.17, 15) is 12.8 Å². The molecule has 2 rings (SSSR count). The van der Waals surface area contributed by atoms with Crippen LogP contribution in [0.25, 0.3) is 0 Å². The summed E-state index contributed by atoms with van der Waals surface area (Å²) in [6.45, 7) is 1.98. The minimum atomic E-state index is -3.64. The van der Waals surface area contributed by atoms with E-state index in [4.69, 9.17) is 5.11 Å². The Kier molecular flexibility index (Phi) is 5.06. The van der Waals surface area contributed by atoms with Gasteiger partial charge in [-0.05, 0) is 37.1 Å². The minimum Gasteiger partial charge on any atom is -0.396 e. The first-order chi connectivity index (χ1) is 9.46. The van der Waals surface area contributed by atoms with Crippen molar-refractivity contribution >= 4 is 21.8 Å². The summed E-state index contributed by atoms with van der Waals surface area (Å²) >= 11 is 1.69. The zero-order chi connectivity index (χ0) is 14.8. The number of hydrogen-bond acceptors (Lipinski definition) is 4. The molecule has 1 N–H and O–H groups in total. The fourth-order valence-electron chi connectivity index (χ4n) is 2.36. The predicted octanol–water partition coefficient (Wildman–Crippen LogP) is 1.62. The number of thioether (sulfide) groups is 1. The number of aryl methyl sites for hydroxylation is 1. The van der Waals surface area contributed by atoms with E-state index in [0.717, 1.165) is 5.75 Å². The van der Waals surface area contributed by atoms with Gasteiger partial charge in [-0.2, -0.15) is 16.1 Å². The van der Waals surface area contributed by atoms with E-state index >= 15 is 0 Å². The van der Waals surface area contributed by atoms with Gasteiger partial charge in [0.2, 0.25) is 10.0 Å². The zero-order valence-corrected chi connectivity index (χ0v) is 12.9. The van der Waals surface area contributed by atoms with Crippen molar-refractivity contribution in [2.45, 2.75) is 24.3 Å². The molecule has 7 heteroatoms. The van der Waals surface area contributed by atoms with E-state index < -0.39 is 15.8 Å². The quantitative estimate of drug-likeness (QED) is 0.916. The first-order valence-electron chi connectivity index (χ1n) is 6.43. The Balaban J connectivity index is 2.37. The molecular formula is C13H18FNO3S2. The molecule has 1 aliphatic heterocycles. The topological polar surface area (TPSA) is 57.6 Å². The molecule has 1 heterocycles. The van der Waals surface area contributed by atoms with Crippen LogP contribution >= 0.6 is 11.8 Å². The first kappa shape index (κ1) is 15.8. The predicted molar refractivity (Wildman–Crippen MR) is 77.8 cm³/mol. The van der Waals surface area contributed by atoms with Crippen LogP contribution in [0.15, 0.2) is 23.1 Å². The number of aliphatic hydroxyl groups is 1. The molecule has 1 aliphatic rings. The maximum atomic E-state index is 13.1. The molecule has 1 aromatic rings. The van der Waals surface area contributed by atoms with Crippen molar-refractivity contribution in [1.82, 2.24) is 4.31 Å². The Hall–Kier alpha value is -0.630. The van der Waals surface area contributed by atoms with E-state index in [2.05, 4.69) is 0 Å². The van der Waals surface area contributed by atoms with Gasteiger partial charge in [0.25, 0.3) is 0 Å². The lowest BCUT2D eigenvalue weighted by atomic mass is 10.2. The Labute approximate surface area is 123 Å². The Morgan fingerprint density at radius 3 is 2.90 bits per heavy atom. The first-order valence-corrected chi connectivity index (χ1v) is 9.03. The van der Waals surface area contributed by atoms with Crippen LogP contribution in [0.1, 0.15) is 12.0 Å². The summed E-state index contributed by atoms with van der Waals surface area (Å²) in [7, 11) is -3.64. The van der Waals surface area contributed by atoms with Crippen molar-refractivity contribution in [1.29, 1.82) is 0 Å². The van der Waals surface area contributed by atoms with E-state index in [1.807, 2.05) is 0 Å². The average molecular weight is 319 g/mol. The lowest BCUT2D eigenvalue weighted by Crippen LogP contribution is -2.46. The van der Waals surface area contributed by atoms with Gasteiger partial charge < -0.3 is 5.11 Å². The van der Waals surface area contributed by atoms with Crippen molar-refractivity contribution in [2.75, 3.05) is 24.7 Å². The van der Waals surface area contributed by atoms with Crippen molar-refractivity contribution in [3.05, 3.63) is 29.6 Å². The summed E-state index contributed by atoms with van der Waals surface area (Å²) in [4.78, 5) is 0.147. The molecule has 1 atom stereocenters. The summed E-state index contributed by atoms with van der Waals surface area (Å²) in [6.07, 6.45) is 0.423. The summed E-state index contributed by atoms with van der Waals surface area (Å²) in [6, 6.07) is 3.51. The number of halogens is 1. The van der Waals surface area contributed by atoms with E-state index in [1.54, 1.807) is 18.7 Å². The normalized spacial score (nSPS) is 21.1. The van der Waals surface area contributed by atoms with Crippen LogP contribution in [0, 0.1) is 12.7 Å². The van der Waals surface area contributed by atoms with Crippen molar-refractivity contribution in [3.63, 3.8) is 0 Å². The fraction of sp³-hybridized carbons (Fsp3) is 0.538. The van der Waals surface area contributed by atoms with Gasteiger partial charge in [0.05, 0.1) is 4.90 Å². The average Bonchev–Trinajstić information content (AvgIpc) is 2.39. The van der Waals surface area contributed by atoms with Gasteiger partial charge >= 0.3 is 0 Å². The second kappa shape index (κ2) is 6.43. The SMILES string of the molecule is Cc1cc(F)ccc1S(=O)(=O)N1CCSCC1CCO. The molecule has 4 nitrogen and oxygen atoms in total. The lowest BCUT2D eigenvalue weighted by Gasteiger charge is -2.34. The van der Waals surface area contributed by atoms with E-state index in [1.165, 1.54) is 22.5 Å². The van der Waals surface area contributed by atoms with Gasteiger partial charge in [0.15, 0.2) is 0 Å². The molecular weight excluding hydrogens is 301 g/mol. The summed E-state index contributed by atoms with van der Waals surface area (Å²) < 4.78 is 40.0. The molecule has 0 amide bonds. The Morgan fingerprint density at radius 1 is 1.50 bits per heavy atom. The van der Waals surface area contributed by atoms with E-state index in [-0.39, 0.29) is 17.5 Å². The van der Waals surface area contributed by atoms with Gasteiger partial charge in [-0.3, -0.25) is 0 Å². The highest BCUT2D eigenvalue weighted by Gasteiger charge is 2.34. The molecule has 1 fully saturated rings. The summed E-state index contributed by atoms with van der Waals surface area (Å²) in [5.41, 5.74) is 0.408. The third-order valence-corrected chi connectivity index (χ3v) is 6.56. The molecule has 0 bridgehead atoms. The molecule has 20 heavy (non-hydrogen) atoms. The van der Waals surface area contributed by atoms with Gasteiger partial charge in [-0.15, -0.1) is 0 Å². The second-order valence-corrected chi connectivity index (χ2v) is 7.78. The molecule has 1 aromatic carbocycles. The second-order valence-electron chi connectivity index (χ2n) is 4.77. The third-order valence-electron chi connectivity index (χ3n) is 3.36. The lowest BCUT2D eigenvalue weighted by molar-refractivity contribution is 0.237. The molecule has 112 valence electrons. The molecule has 0 aromatic heterocycles. The molecule has 0 aliphatic carbocycles. The number of sulfonamides is 1. The number of nitrogens with zero attached hydrogens (tertiary/aromatic N) is 1. The fourth-order valence-corrected chi connectivity index (χ4v) is 5.54. The standard InChI is InChI=1S/C13H18FNO3S2/c1-10-8-11(14)2-3-13(10)20(17,18)15-5-7-19-9-12(15)4-6-16/h2-3,8,12,16H,4-7,9H2,1H3. The Morgan fingerprint density at radius 2 is 2.25 bits per heavy atom. The molecule has 0 spiro atoms. The number of hydrogen-bond donors (Lipinski definition) is 1. The minimum absolute atomic E-state index is 0.0420. The van der Waals surface area contributed by atoms with Gasteiger partial charge in [0, 0.05) is 30.7 Å². The van der Waals surface area contributed by atoms with Crippen molar-refractivity contribution in [3.8, 4) is 0 Å². The van der Waals surface area contributed by atoms with Crippen LogP contribution in [0.3, 0.4) is 0 Å². The van der Waals surface area contributed by atoms with Crippen LogP contribution in [0.4, 0.5) is 4.39 Å². The van der Waals surface area contributed by atoms with Crippen LogP contribution < -0.4 is 0 Å². The van der Waals surface area contributed by atoms with Crippen LogP contribution in [0.2, 0.25) is 0 Å². The number of rotatable bonds is 4. The van der Waals surface area contributed by atoms with Gasteiger partial charge in [0.1, 0.15) is 5.82 Å². The monoisotopic (exact) mass is 319 g/mol. The highest BCUT2D eigenvalue weighted by atomic mass is 32.2.